The molecular weight excluding hydrogens is 911 g/mol. The van der Waals surface area contributed by atoms with Crippen LogP contribution >= 0.6 is 11.8 Å². The zero-order valence-corrected chi connectivity index (χ0v) is 41.2. The summed E-state index contributed by atoms with van der Waals surface area (Å²) in [7, 11) is 0. The summed E-state index contributed by atoms with van der Waals surface area (Å²) in [5.74, 6) is -0.231. The molecule has 2 aliphatic heterocycles. The van der Waals surface area contributed by atoms with Gasteiger partial charge in [-0.1, -0.05) is 90.8 Å². The first-order chi connectivity index (χ1) is 34.9. The Morgan fingerprint density at radius 1 is 0.930 bits per heavy atom. The summed E-state index contributed by atoms with van der Waals surface area (Å²) in [6.45, 7) is 5.73. The number of hydrogen-bond acceptors (Lipinski definition) is 11. The Morgan fingerprint density at radius 3 is 2.49 bits per heavy atom. The van der Waals surface area contributed by atoms with E-state index < -0.39 is 24.0 Å². The van der Waals surface area contributed by atoms with E-state index in [1.165, 1.54) is 4.90 Å². The van der Waals surface area contributed by atoms with Crippen LogP contribution in [0.2, 0.25) is 0 Å². The van der Waals surface area contributed by atoms with Crippen molar-refractivity contribution in [2.24, 2.45) is 22.9 Å². The van der Waals surface area contributed by atoms with E-state index in [-0.39, 0.29) is 56.4 Å². The fourth-order valence-corrected chi connectivity index (χ4v) is 12.0. The number of amides is 1. The number of carbonyl (C=O) groups is 1. The Labute approximate surface area is 422 Å². The van der Waals surface area contributed by atoms with Gasteiger partial charge < -0.3 is 38.9 Å². The fourth-order valence-electron chi connectivity index (χ4n) is 11.3. The molecule has 0 aromatic heterocycles. The van der Waals surface area contributed by atoms with Crippen molar-refractivity contribution < 1.29 is 38.8 Å². The van der Waals surface area contributed by atoms with Crippen LogP contribution in [-0.2, 0) is 20.9 Å². The maximum Gasteiger partial charge on any atom is 0.254 e. The number of unbranched alkanes of at least 4 members (excludes halogenated alkanes) is 2. The van der Waals surface area contributed by atoms with Crippen molar-refractivity contribution in [3.63, 3.8) is 0 Å². The van der Waals surface area contributed by atoms with Gasteiger partial charge in [0, 0.05) is 60.3 Å². The van der Waals surface area contributed by atoms with Gasteiger partial charge in [0.25, 0.3) is 5.91 Å². The largest absolute Gasteiger partial charge is 0.493 e. The van der Waals surface area contributed by atoms with E-state index in [9.17, 15) is 15.5 Å². The van der Waals surface area contributed by atoms with Gasteiger partial charge in [-0.05, 0) is 127 Å². The lowest BCUT2D eigenvalue weighted by Crippen LogP contribution is -2.70. The molecule has 0 bridgehead atoms. The molecule has 5 aromatic carbocycles. The zero-order chi connectivity index (χ0) is 49.0. The van der Waals surface area contributed by atoms with Gasteiger partial charge in [0.05, 0.1) is 43.1 Å². The van der Waals surface area contributed by atoms with Crippen LogP contribution in [0.3, 0.4) is 0 Å². The Hall–Kier alpha value is -5.94. The van der Waals surface area contributed by atoms with Crippen LogP contribution in [0.15, 0.2) is 150 Å². The molecule has 1 saturated heterocycles. The number of carbonyl (C=O) groups excluding carboxylic acids is 1. The molecule has 1 amide bonds. The van der Waals surface area contributed by atoms with Gasteiger partial charge in [-0.25, -0.2) is 0 Å². The molecule has 2 fully saturated rings. The van der Waals surface area contributed by atoms with Gasteiger partial charge in [0.1, 0.15) is 17.5 Å². The Bertz CT molecular complexity index is 2690. The predicted octanol–water partition coefficient (Wildman–Crippen LogP) is 11.4. The molecule has 7 unspecified atom stereocenters. The highest BCUT2D eigenvalue weighted by Gasteiger charge is 2.65. The number of nitriles is 1. The molecule has 12 heteroatoms. The van der Waals surface area contributed by atoms with Gasteiger partial charge in [0.2, 0.25) is 12.1 Å². The number of oxime groups is 1. The summed E-state index contributed by atoms with van der Waals surface area (Å²) in [5, 5.41) is 37.1. The van der Waals surface area contributed by atoms with E-state index in [2.05, 4.69) is 61.2 Å². The number of hydrogen-bond donors (Lipinski definition) is 2. The molecule has 4 aliphatic rings. The number of benzene rings is 5. The summed E-state index contributed by atoms with van der Waals surface area (Å²) in [6, 6.07) is 39.0. The van der Waals surface area contributed by atoms with Crippen molar-refractivity contribution in [2.75, 3.05) is 38.8 Å². The number of aliphatic hydroxyl groups is 2. The minimum Gasteiger partial charge on any atom is -0.493 e. The number of allylic oxidation sites excluding steroid dienone is 1. The van der Waals surface area contributed by atoms with Gasteiger partial charge in [-0.3, -0.25) is 4.79 Å². The van der Waals surface area contributed by atoms with Crippen LogP contribution in [0.5, 0.6) is 11.5 Å². The average Bonchev–Trinajstić information content (AvgIpc) is 3.41. The summed E-state index contributed by atoms with van der Waals surface area (Å²) < 4.78 is 27.6. The molecule has 0 radical (unpaired) electrons. The number of fused-ring (bicyclic) bond motifs is 3. The summed E-state index contributed by atoms with van der Waals surface area (Å²) in [6.07, 6.45) is 11.0. The lowest BCUT2D eigenvalue weighted by Gasteiger charge is -2.60. The molecular formula is C59H65N3O8S. The highest BCUT2D eigenvalue weighted by Crippen LogP contribution is 2.62. The molecule has 2 heterocycles. The molecule has 0 spiro atoms. The first kappa shape index (κ1) is 50.0. The number of aliphatic hydroxyl groups excluding tert-OH is 2. The lowest BCUT2D eigenvalue weighted by atomic mass is 9.55. The predicted molar refractivity (Wildman–Crippen MR) is 277 cm³/mol. The van der Waals surface area contributed by atoms with Crippen LogP contribution in [0.4, 0.5) is 0 Å². The second-order valence-corrected chi connectivity index (χ2v) is 20.1. The van der Waals surface area contributed by atoms with Crippen molar-refractivity contribution in [1.29, 1.82) is 5.26 Å². The number of rotatable bonds is 22. The minimum absolute atomic E-state index is 0.0376. The van der Waals surface area contributed by atoms with Crippen LogP contribution in [0, 0.1) is 29.1 Å². The first-order valence-electron chi connectivity index (χ1n) is 25.4. The molecule has 11 nitrogen and oxygen atoms in total. The lowest BCUT2D eigenvalue weighted by molar-refractivity contribution is -0.255. The summed E-state index contributed by atoms with van der Waals surface area (Å²) in [4.78, 5) is 25.2. The van der Waals surface area contributed by atoms with E-state index in [0.717, 1.165) is 77.5 Å². The van der Waals surface area contributed by atoms with Gasteiger partial charge in [0.15, 0.2) is 0 Å². The molecule has 9 rings (SSSR count). The minimum atomic E-state index is -1.48. The summed E-state index contributed by atoms with van der Waals surface area (Å²) in [5.41, 5.74) is 4.46. The molecule has 2 aliphatic carbocycles. The summed E-state index contributed by atoms with van der Waals surface area (Å²) >= 11 is 1.75. The number of nitrogens with zero attached hydrogens (tertiary/aromatic N) is 3. The van der Waals surface area contributed by atoms with E-state index in [4.69, 9.17) is 28.9 Å². The zero-order valence-electron chi connectivity index (χ0n) is 40.4. The smallest absolute Gasteiger partial charge is 0.254 e. The van der Waals surface area contributed by atoms with E-state index in [0.29, 0.717) is 55.1 Å². The Morgan fingerprint density at radius 2 is 1.72 bits per heavy atom. The van der Waals surface area contributed by atoms with Gasteiger partial charge >= 0.3 is 0 Å². The highest BCUT2D eigenvalue weighted by atomic mass is 32.2. The van der Waals surface area contributed by atoms with Gasteiger partial charge in [-0.15, -0.1) is 18.3 Å². The Balaban J connectivity index is 1.23. The van der Waals surface area contributed by atoms with Crippen LogP contribution in [-0.4, -0.2) is 83.6 Å². The van der Waals surface area contributed by atoms with Gasteiger partial charge in [-0.2, -0.15) is 5.26 Å². The molecule has 2 N–H and O–H groups in total. The topological polar surface area (TPSA) is 143 Å². The van der Waals surface area contributed by atoms with Crippen molar-refractivity contribution >= 4 is 34.2 Å². The van der Waals surface area contributed by atoms with Crippen LogP contribution in [0.1, 0.15) is 97.2 Å². The maximum atomic E-state index is 15.7. The molecule has 7 atom stereocenters. The molecule has 5 aromatic rings. The third kappa shape index (κ3) is 11.3. The standard InChI is InChI=1S/C59H65N3O8S/c1-2-32-68-59-54(62(58(65)43-26-24-41(39-60)25-27-43)40-45-18-14-17-42-15-6-7-21-48(42)45)38-52(61-70-55-23-10-13-33-67-55)50-36-44(16-8-11-30-63)49(22-9-12-31-64)56(57(50)59)51-37-46(28-29-53(51)69-59)66-34-35-71-47-19-4-3-5-20-47/h2-7,14-15,17-21,24-29,36-37,44,49,54-57,63-64H,1,8-13,16,22-23,30-35,38,40H2. The third-order valence-electron chi connectivity index (χ3n) is 14.5. The normalized spacial score (nSPS) is 23.9. The van der Waals surface area contributed by atoms with Crippen LogP contribution in [0.25, 0.3) is 10.8 Å². The van der Waals surface area contributed by atoms with E-state index >= 15 is 4.79 Å². The van der Waals surface area contributed by atoms with E-state index in [1.54, 1.807) is 42.1 Å². The van der Waals surface area contributed by atoms with Crippen molar-refractivity contribution in [2.45, 2.75) is 99.7 Å². The third-order valence-corrected chi connectivity index (χ3v) is 15.5. The number of ether oxygens (including phenoxy) is 4. The average molecular weight is 976 g/mol. The molecule has 1 saturated carbocycles. The van der Waals surface area contributed by atoms with Crippen molar-refractivity contribution in [3.8, 4) is 17.6 Å². The number of thioether (sulfide) groups is 1. The van der Waals surface area contributed by atoms with Crippen molar-refractivity contribution in [3.05, 3.63) is 162 Å². The quantitative estimate of drug-likeness (QED) is 0.0298. The SMILES string of the molecule is C=CCOC12Oc3ccc(OCCSc4ccccc4)cc3C3C(CCCCO)C(CCCCO)C=C(C(=NOC4CCCCO4)CC1N(Cc1cccc4ccccc14)C(=O)c1ccc(C#N)cc1)C32. The fraction of sp³-hybridized carbons (Fsp3) is 0.407. The monoisotopic (exact) mass is 975 g/mol. The highest BCUT2D eigenvalue weighted by molar-refractivity contribution is 7.99. The van der Waals surface area contributed by atoms with E-state index in [1.807, 2.05) is 53.4 Å². The second kappa shape index (κ2) is 24.0. The first-order valence-corrected chi connectivity index (χ1v) is 26.4. The van der Waals surface area contributed by atoms with Crippen molar-refractivity contribution in [1.82, 2.24) is 4.90 Å². The molecule has 370 valence electrons. The van der Waals surface area contributed by atoms with Crippen LogP contribution < -0.4 is 9.47 Å². The molecule has 71 heavy (non-hydrogen) atoms. The Kier molecular flexibility index (Phi) is 16.9. The maximum absolute atomic E-state index is 15.7. The second-order valence-electron chi connectivity index (χ2n) is 18.9.